The predicted molar refractivity (Wildman–Crippen MR) is 115 cm³/mol. The van der Waals surface area contributed by atoms with Crippen LogP contribution in [0.1, 0.15) is 44.9 Å². The number of piperidine rings is 1. The van der Waals surface area contributed by atoms with Crippen LogP contribution in [0, 0.1) is 5.92 Å². The molecule has 1 aromatic rings. The molecule has 1 aliphatic carbocycles. The van der Waals surface area contributed by atoms with Gasteiger partial charge in [-0.15, -0.1) is 0 Å². The quantitative estimate of drug-likeness (QED) is 0.529. The van der Waals surface area contributed by atoms with Gasteiger partial charge in [-0.05, 0) is 57.1 Å². The molecule has 7 nitrogen and oxygen atoms in total. The van der Waals surface area contributed by atoms with Gasteiger partial charge in [0.1, 0.15) is 0 Å². The van der Waals surface area contributed by atoms with E-state index in [1.807, 2.05) is 30.3 Å². The van der Waals surface area contributed by atoms with E-state index in [4.69, 9.17) is 4.74 Å². The van der Waals surface area contributed by atoms with Gasteiger partial charge in [0.05, 0.1) is 5.92 Å². The van der Waals surface area contributed by atoms with Crippen molar-refractivity contribution in [2.75, 3.05) is 31.6 Å². The maximum Gasteiger partial charge on any atom is 0.321 e. The number of likely N-dealkylation sites (tertiary alicyclic amines) is 1. The van der Waals surface area contributed by atoms with E-state index in [0.717, 1.165) is 24.9 Å². The second-order valence-corrected chi connectivity index (χ2v) is 7.87. The molecule has 30 heavy (non-hydrogen) atoms. The Morgan fingerprint density at radius 3 is 2.53 bits per heavy atom. The number of hydrogen-bond donors (Lipinski definition) is 2. The molecular weight excluding hydrogens is 382 g/mol. The zero-order valence-electron chi connectivity index (χ0n) is 17.4. The molecular formula is C23H31N3O4. The van der Waals surface area contributed by atoms with Crippen molar-refractivity contribution in [1.82, 2.24) is 10.2 Å². The highest BCUT2D eigenvalue weighted by Gasteiger charge is 2.28. The van der Waals surface area contributed by atoms with E-state index in [1.54, 1.807) is 4.90 Å². The number of esters is 1. The number of carbonyl (C=O) groups is 3. The first-order chi connectivity index (χ1) is 14.6. The Hall–Kier alpha value is -2.83. The largest absolute Gasteiger partial charge is 0.455 e. The normalized spacial score (nSPS) is 17.1. The topological polar surface area (TPSA) is 87.7 Å². The minimum atomic E-state index is -0.358. The number of nitrogens with zero attached hydrogens (tertiary/aromatic N) is 1. The molecule has 0 radical (unpaired) electrons. The van der Waals surface area contributed by atoms with Gasteiger partial charge < -0.3 is 20.3 Å². The summed E-state index contributed by atoms with van der Waals surface area (Å²) < 4.78 is 5.19. The molecule has 162 valence electrons. The van der Waals surface area contributed by atoms with Crippen molar-refractivity contribution in [2.24, 2.45) is 5.92 Å². The molecule has 0 unspecified atom stereocenters. The van der Waals surface area contributed by atoms with Gasteiger partial charge in [-0.2, -0.15) is 0 Å². The van der Waals surface area contributed by atoms with Gasteiger partial charge in [0, 0.05) is 25.3 Å². The molecule has 7 heteroatoms. The summed E-state index contributed by atoms with van der Waals surface area (Å²) in [6, 6.07) is 9.11. The number of benzene rings is 1. The second-order valence-electron chi connectivity index (χ2n) is 7.87. The molecule has 0 spiro atoms. The first-order valence-corrected chi connectivity index (χ1v) is 10.8. The Balaban J connectivity index is 1.30. The van der Waals surface area contributed by atoms with Gasteiger partial charge in [-0.3, -0.25) is 9.59 Å². The van der Waals surface area contributed by atoms with E-state index in [1.165, 1.54) is 18.4 Å². The van der Waals surface area contributed by atoms with E-state index >= 15 is 0 Å². The van der Waals surface area contributed by atoms with Gasteiger partial charge in [0.25, 0.3) is 5.91 Å². The lowest BCUT2D eigenvalue weighted by molar-refractivity contribution is -0.153. The van der Waals surface area contributed by atoms with Crippen LogP contribution in [0.2, 0.25) is 0 Å². The van der Waals surface area contributed by atoms with E-state index in [-0.39, 0.29) is 30.4 Å². The fraction of sp³-hybridized carbons (Fsp3) is 0.522. The number of carbonyl (C=O) groups excluding carboxylic acids is 3. The molecule has 1 aliphatic heterocycles. The van der Waals surface area contributed by atoms with Crippen LogP contribution in [-0.4, -0.2) is 49.0 Å². The molecule has 1 aromatic carbocycles. The maximum absolute atomic E-state index is 12.3. The van der Waals surface area contributed by atoms with Crippen LogP contribution in [0.4, 0.5) is 10.5 Å². The SMILES string of the molecule is O=C(COC(=O)C1CCN(C(=O)Nc2ccccc2)CC1)NCCC1=CCCCC1. The van der Waals surface area contributed by atoms with Crippen LogP contribution in [0.5, 0.6) is 0 Å². The van der Waals surface area contributed by atoms with Gasteiger partial charge in [-0.25, -0.2) is 4.79 Å². The summed E-state index contributed by atoms with van der Waals surface area (Å²) in [7, 11) is 0. The van der Waals surface area contributed by atoms with E-state index in [2.05, 4.69) is 16.7 Å². The van der Waals surface area contributed by atoms with Crippen LogP contribution in [0.15, 0.2) is 42.0 Å². The van der Waals surface area contributed by atoms with E-state index < -0.39 is 0 Å². The first-order valence-electron chi connectivity index (χ1n) is 10.8. The number of amides is 3. The molecule has 0 atom stereocenters. The molecule has 1 fully saturated rings. The molecule has 1 heterocycles. The Kier molecular flexibility index (Phi) is 8.30. The molecule has 0 saturated carbocycles. The van der Waals surface area contributed by atoms with Crippen molar-refractivity contribution in [3.8, 4) is 0 Å². The lowest BCUT2D eigenvalue weighted by Gasteiger charge is -2.30. The van der Waals surface area contributed by atoms with Gasteiger partial charge in [0.2, 0.25) is 0 Å². The van der Waals surface area contributed by atoms with Crippen LogP contribution >= 0.6 is 0 Å². The summed E-state index contributed by atoms with van der Waals surface area (Å²) in [6.45, 7) is 1.31. The van der Waals surface area contributed by atoms with Crippen molar-refractivity contribution in [1.29, 1.82) is 0 Å². The lowest BCUT2D eigenvalue weighted by Crippen LogP contribution is -2.43. The van der Waals surface area contributed by atoms with Crippen LogP contribution in [-0.2, 0) is 14.3 Å². The van der Waals surface area contributed by atoms with E-state index in [9.17, 15) is 14.4 Å². The Bertz CT molecular complexity index is 755. The number of anilines is 1. The number of allylic oxidation sites excluding steroid dienone is 1. The lowest BCUT2D eigenvalue weighted by atomic mass is 9.97. The third kappa shape index (κ3) is 6.90. The van der Waals surface area contributed by atoms with E-state index in [0.29, 0.717) is 32.5 Å². The molecule has 2 N–H and O–H groups in total. The Morgan fingerprint density at radius 1 is 1.07 bits per heavy atom. The standard InChI is InChI=1S/C23H31N3O4/c27-21(24-14-11-18-7-3-1-4-8-18)17-30-22(28)19-12-15-26(16-13-19)23(29)25-20-9-5-2-6-10-20/h2,5-7,9-10,19H,1,3-4,8,11-17H2,(H,24,27)(H,25,29). The minimum absolute atomic E-state index is 0.166. The Labute approximate surface area is 177 Å². The molecule has 0 aromatic heterocycles. The molecule has 0 bridgehead atoms. The monoisotopic (exact) mass is 413 g/mol. The number of para-hydroxylation sites is 1. The van der Waals surface area contributed by atoms with Crippen LogP contribution in [0.25, 0.3) is 0 Å². The number of urea groups is 1. The Morgan fingerprint density at radius 2 is 1.83 bits per heavy atom. The van der Waals surface area contributed by atoms with Crippen LogP contribution < -0.4 is 10.6 Å². The van der Waals surface area contributed by atoms with Crippen molar-refractivity contribution >= 4 is 23.6 Å². The number of hydrogen-bond acceptors (Lipinski definition) is 4. The van der Waals surface area contributed by atoms with Crippen molar-refractivity contribution in [3.63, 3.8) is 0 Å². The van der Waals surface area contributed by atoms with Crippen LogP contribution in [0.3, 0.4) is 0 Å². The van der Waals surface area contributed by atoms with Crippen molar-refractivity contribution < 1.29 is 19.1 Å². The summed E-state index contributed by atoms with van der Waals surface area (Å²) >= 11 is 0. The van der Waals surface area contributed by atoms with Gasteiger partial charge >= 0.3 is 12.0 Å². The zero-order valence-corrected chi connectivity index (χ0v) is 17.4. The van der Waals surface area contributed by atoms with Gasteiger partial charge in [-0.1, -0.05) is 29.8 Å². The number of nitrogens with one attached hydrogen (secondary N) is 2. The minimum Gasteiger partial charge on any atom is -0.455 e. The average Bonchev–Trinajstić information content (AvgIpc) is 2.79. The number of rotatable bonds is 7. The van der Waals surface area contributed by atoms with Crippen molar-refractivity contribution in [2.45, 2.75) is 44.9 Å². The molecule has 2 aliphatic rings. The smallest absolute Gasteiger partial charge is 0.321 e. The molecule has 3 amide bonds. The highest BCUT2D eigenvalue weighted by atomic mass is 16.5. The second kappa shape index (κ2) is 11.4. The predicted octanol–water partition coefficient (Wildman–Crippen LogP) is 3.48. The average molecular weight is 414 g/mol. The zero-order chi connectivity index (χ0) is 21.2. The highest BCUT2D eigenvalue weighted by Crippen LogP contribution is 2.20. The van der Waals surface area contributed by atoms with Crippen molar-refractivity contribution in [3.05, 3.63) is 42.0 Å². The maximum atomic E-state index is 12.3. The summed E-state index contributed by atoms with van der Waals surface area (Å²) in [5, 5.41) is 5.67. The summed E-state index contributed by atoms with van der Waals surface area (Å²) in [5.41, 5.74) is 2.15. The van der Waals surface area contributed by atoms with Gasteiger partial charge in [0.15, 0.2) is 6.61 Å². The molecule has 1 saturated heterocycles. The highest BCUT2D eigenvalue weighted by molar-refractivity contribution is 5.89. The summed E-state index contributed by atoms with van der Waals surface area (Å²) in [4.78, 5) is 38.2. The number of ether oxygens (including phenoxy) is 1. The third-order valence-electron chi connectivity index (χ3n) is 5.64. The molecule has 3 rings (SSSR count). The first kappa shape index (κ1) is 21.9. The fourth-order valence-corrected chi connectivity index (χ4v) is 3.84. The fourth-order valence-electron chi connectivity index (χ4n) is 3.84. The summed E-state index contributed by atoms with van der Waals surface area (Å²) in [5.74, 6) is -0.895. The summed E-state index contributed by atoms with van der Waals surface area (Å²) in [6.07, 6.45) is 8.94. The third-order valence-corrected chi connectivity index (χ3v) is 5.64.